The summed E-state index contributed by atoms with van der Waals surface area (Å²) in [5.74, 6) is 0.603. The maximum Gasteiger partial charge on any atom is 0.227 e. The van der Waals surface area contributed by atoms with Crippen molar-refractivity contribution in [3.05, 3.63) is 170 Å². The Morgan fingerprint density at radius 3 is 1.90 bits per heavy atom. The average Bonchev–Trinajstić information content (AvgIpc) is 3.75. The van der Waals surface area contributed by atoms with Crippen molar-refractivity contribution in [2.75, 3.05) is 4.90 Å². The number of fused-ring (bicyclic) bond motifs is 7. The third kappa shape index (κ3) is 4.57. The van der Waals surface area contributed by atoms with Crippen molar-refractivity contribution in [2.45, 2.75) is 0 Å². The Morgan fingerprint density at radius 2 is 1.06 bits per heavy atom. The molecule has 0 N–H and O–H groups in total. The van der Waals surface area contributed by atoms with Gasteiger partial charge in [-0.2, -0.15) is 0 Å². The van der Waals surface area contributed by atoms with E-state index in [1.54, 1.807) is 0 Å². The molecule has 0 atom stereocenters. The predicted molar refractivity (Wildman–Crippen MR) is 202 cm³/mol. The highest BCUT2D eigenvalue weighted by Gasteiger charge is 2.20. The monoisotopic (exact) mass is 628 g/mol. The lowest BCUT2D eigenvalue weighted by molar-refractivity contribution is 0.620. The molecule has 2 aromatic heterocycles. The molecule has 0 unspecified atom stereocenters. The van der Waals surface area contributed by atoms with Crippen LogP contribution in [0.1, 0.15) is 0 Å². The molecule has 2 heterocycles. The maximum absolute atomic E-state index is 6.58. The van der Waals surface area contributed by atoms with Crippen LogP contribution in [0.25, 0.3) is 77.2 Å². The molecule has 49 heavy (non-hydrogen) atoms. The van der Waals surface area contributed by atoms with Crippen LogP contribution in [-0.4, -0.2) is 4.98 Å². The zero-order chi connectivity index (χ0) is 32.3. The second-order valence-corrected chi connectivity index (χ2v) is 12.4. The van der Waals surface area contributed by atoms with E-state index in [0.29, 0.717) is 5.89 Å². The summed E-state index contributed by atoms with van der Waals surface area (Å²) < 4.78 is 12.8. The van der Waals surface area contributed by atoms with Crippen LogP contribution in [0.3, 0.4) is 0 Å². The van der Waals surface area contributed by atoms with E-state index in [1.165, 1.54) is 27.1 Å². The first-order valence-electron chi connectivity index (χ1n) is 16.5. The van der Waals surface area contributed by atoms with Crippen LogP contribution >= 0.6 is 0 Å². The van der Waals surface area contributed by atoms with E-state index in [-0.39, 0.29) is 0 Å². The van der Waals surface area contributed by atoms with Gasteiger partial charge in [0, 0.05) is 45.2 Å². The number of hydrogen-bond acceptors (Lipinski definition) is 4. The van der Waals surface area contributed by atoms with Crippen molar-refractivity contribution in [3.63, 3.8) is 0 Å². The highest BCUT2D eigenvalue weighted by Crippen LogP contribution is 2.44. The van der Waals surface area contributed by atoms with Crippen LogP contribution < -0.4 is 4.90 Å². The molecule has 4 heteroatoms. The smallest absolute Gasteiger partial charge is 0.227 e. The highest BCUT2D eigenvalue weighted by molar-refractivity contribution is 6.15. The standard InChI is InChI=1S/C45H28N2O2/c1-3-12-29(13-4-1)31-17-11-18-33(24-31)47(41-25-32-16-7-8-19-35(32)36-20-9-10-21-37(36)41)34-22-23-38-39-27-44-40(28-43(39)48-42(38)26-34)46-45(49-44)30-14-5-2-6-15-30/h1-28H. The number of aromatic nitrogens is 1. The topological polar surface area (TPSA) is 42.4 Å². The fourth-order valence-electron chi connectivity index (χ4n) is 7.13. The summed E-state index contributed by atoms with van der Waals surface area (Å²) in [5, 5.41) is 6.85. The minimum absolute atomic E-state index is 0.603. The molecule has 10 rings (SSSR count). The van der Waals surface area contributed by atoms with Gasteiger partial charge in [0.05, 0.1) is 5.69 Å². The second-order valence-electron chi connectivity index (χ2n) is 12.4. The van der Waals surface area contributed by atoms with Crippen molar-refractivity contribution >= 4 is 71.6 Å². The average molecular weight is 629 g/mol. The molecule has 0 aliphatic rings. The number of oxazole rings is 1. The van der Waals surface area contributed by atoms with Crippen molar-refractivity contribution in [1.29, 1.82) is 0 Å². The fourth-order valence-corrected chi connectivity index (χ4v) is 7.13. The summed E-state index contributed by atoms with van der Waals surface area (Å²) in [6.07, 6.45) is 0. The number of anilines is 3. The van der Waals surface area contributed by atoms with Crippen molar-refractivity contribution < 1.29 is 8.83 Å². The lowest BCUT2D eigenvalue weighted by Crippen LogP contribution is -2.10. The molecular formula is C45H28N2O2. The summed E-state index contributed by atoms with van der Waals surface area (Å²) in [7, 11) is 0. The summed E-state index contributed by atoms with van der Waals surface area (Å²) in [6.45, 7) is 0. The maximum atomic E-state index is 6.58. The van der Waals surface area contributed by atoms with Crippen LogP contribution in [0.15, 0.2) is 179 Å². The fraction of sp³-hybridized carbons (Fsp3) is 0. The lowest BCUT2D eigenvalue weighted by atomic mass is 9.98. The van der Waals surface area contributed by atoms with Crippen LogP contribution in [-0.2, 0) is 0 Å². The van der Waals surface area contributed by atoms with Crippen molar-refractivity contribution in [1.82, 2.24) is 4.98 Å². The van der Waals surface area contributed by atoms with Crippen LogP contribution in [0.4, 0.5) is 17.1 Å². The van der Waals surface area contributed by atoms with Gasteiger partial charge in [0.25, 0.3) is 0 Å². The molecule has 0 amide bonds. The van der Waals surface area contributed by atoms with E-state index in [9.17, 15) is 0 Å². The first kappa shape index (κ1) is 27.5. The Kier molecular flexibility index (Phi) is 6.15. The van der Waals surface area contributed by atoms with Gasteiger partial charge >= 0.3 is 0 Å². The molecule has 0 aliphatic heterocycles. The van der Waals surface area contributed by atoms with Gasteiger partial charge in [-0.25, -0.2) is 4.98 Å². The summed E-state index contributed by atoms with van der Waals surface area (Å²) >= 11 is 0. The van der Waals surface area contributed by atoms with Gasteiger partial charge in [0.1, 0.15) is 16.7 Å². The van der Waals surface area contributed by atoms with Gasteiger partial charge in [0.2, 0.25) is 5.89 Å². The van der Waals surface area contributed by atoms with Crippen molar-refractivity contribution in [2.24, 2.45) is 0 Å². The van der Waals surface area contributed by atoms with Gasteiger partial charge < -0.3 is 13.7 Å². The molecule has 0 saturated carbocycles. The predicted octanol–water partition coefficient (Wildman–Crippen LogP) is 12.8. The van der Waals surface area contributed by atoms with Crippen LogP contribution in [0.5, 0.6) is 0 Å². The van der Waals surface area contributed by atoms with E-state index in [2.05, 4.69) is 132 Å². The van der Waals surface area contributed by atoms with E-state index >= 15 is 0 Å². The number of nitrogens with zero attached hydrogens (tertiary/aromatic N) is 2. The zero-order valence-corrected chi connectivity index (χ0v) is 26.4. The van der Waals surface area contributed by atoms with Gasteiger partial charge in [-0.1, -0.05) is 109 Å². The van der Waals surface area contributed by atoms with E-state index in [0.717, 1.165) is 61.2 Å². The summed E-state index contributed by atoms with van der Waals surface area (Å²) in [6, 6.07) is 59.4. The molecule has 8 aromatic carbocycles. The molecule has 230 valence electrons. The lowest BCUT2D eigenvalue weighted by Gasteiger charge is -2.28. The zero-order valence-electron chi connectivity index (χ0n) is 26.4. The molecule has 0 fully saturated rings. The Labute approximate surface area is 282 Å². The molecule has 0 spiro atoms. The molecule has 4 nitrogen and oxygen atoms in total. The second kappa shape index (κ2) is 11.0. The molecular weight excluding hydrogens is 601 g/mol. The first-order chi connectivity index (χ1) is 24.3. The Balaban J connectivity index is 1.18. The van der Waals surface area contributed by atoms with E-state index in [1.807, 2.05) is 42.5 Å². The first-order valence-corrected chi connectivity index (χ1v) is 16.5. The van der Waals surface area contributed by atoms with Crippen molar-refractivity contribution in [3.8, 4) is 22.6 Å². The normalized spacial score (nSPS) is 11.7. The van der Waals surface area contributed by atoms with Gasteiger partial charge in [-0.15, -0.1) is 0 Å². The number of benzene rings is 8. The van der Waals surface area contributed by atoms with Gasteiger partial charge in [-0.05, 0) is 75.8 Å². The van der Waals surface area contributed by atoms with Gasteiger partial charge in [0.15, 0.2) is 5.58 Å². The molecule has 0 aliphatic carbocycles. The third-order valence-corrected chi connectivity index (χ3v) is 9.44. The number of hydrogen-bond donors (Lipinski definition) is 0. The quantitative estimate of drug-likeness (QED) is 0.178. The number of rotatable bonds is 5. The van der Waals surface area contributed by atoms with E-state index in [4.69, 9.17) is 13.8 Å². The Bertz CT molecular complexity index is 2830. The Hall–Kier alpha value is -6.65. The molecule has 10 aromatic rings. The van der Waals surface area contributed by atoms with Crippen LogP contribution in [0.2, 0.25) is 0 Å². The number of furan rings is 1. The molecule has 0 radical (unpaired) electrons. The van der Waals surface area contributed by atoms with Gasteiger partial charge in [-0.3, -0.25) is 0 Å². The Morgan fingerprint density at radius 1 is 0.388 bits per heavy atom. The SMILES string of the molecule is c1ccc(-c2cccc(N(c3ccc4c(c3)oc3cc5nc(-c6ccccc6)oc5cc34)c3cc4ccccc4c4ccccc34)c2)cc1. The third-order valence-electron chi connectivity index (χ3n) is 9.44. The largest absolute Gasteiger partial charge is 0.456 e. The van der Waals surface area contributed by atoms with E-state index < -0.39 is 0 Å². The summed E-state index contributed by atoms with van der Waals surface area (Å²) in [4.78, 5) is 7.14. The molecule has 0 bridgehead atoms. The molecule has 0 saturated heterocycles. The highest BCUT2D eigenvalue weighted by atomic mass is 16.4. The summed E-state index contributed by atoms with van der Waals surface area (Å²) in [5.41, 5.74) is 9.54. The minimum Gasteiger partial charge on any atom is -0.456 e. The minimum atomic E-state index is 0.603. The van der Waals surface area contributed by atoms with Crippen LogP contribution in [0, 0.1) is 0 Å².